The summed E-state index contributed by atoms with van der Waals surface area (Å²) in [5, 5.41) is 30.0. The van der Waals surface area contributed by atoms with Crippen LogP contribution in [0.4, 0.5) is 4.79 Å². The Kier molecular flexibility index (Phi) is 6.75. The van der Waals surface area contributed by atoms with Crippen LogP contribution in [0.25, 0.3) is 0 Å². The van der Waals surface area contributed by atoms with Crippen LogP contribution in [-0.2, 0) is 9.59 Å². The van der Waals surface area contributed by atoms with Crippen LogP contribution in [0.5, 0.6) is 5.75 Å². The lowest BCUT2D eigenvalue weighted by Gasteiger charge is -2.23. The van der Waals surface area contributed by atoms with Crippen molar-refractivity contribution in [2.24, 2.45) is 5.92 Å². The van der Waals surface area contributed by atoms with E-state index in [1.54, 1.807) is 24.3 Å². The second-order valence-electron chi connectivity index (χ2n) is 6.79. The SMILES string of the molecule is CC(C)CC(C(=O)O)N1C(=O)N[C@H](c2ccc(OC[C@H](O)CO)cc2)C1=O. The van der Waals surface area contributed by atoms with Gasteiger partial charge in [-0.1, -0.05) is 26.0 Å². The zero-order valence-corrected chi connectivity index (χ0v) is 15.2. The number of aliphatic hydroxyl groups is 2. The molecule has 0 aromatic heterocycles. The van der Waals surface area contributed by atoms with Gasteiger partial charge in [-0.2, -0.15) is 0 Å². The highest BCUT2D eigenvalue weighted by Crippen LogP contribution is 2.27. The number of imide groups is 1. The summed E-state index contributed by atoms with van der Waals surface area (Å²) in [6.07, 6.45) is -0.830. The van der Waals surface area contributed by atoms with Gasteiger partial charge in [0, 0.05) is 0 Å². The third-order valence-electron chi connectivity index (χ3n) is 4.13. The van der Waals surface area contributed by atoms with Crippen molar-refractivity contribution in [3.8, 4) is 5.75 Å². The van der Waals surface area contributed by atoms with Gasteiger partial charge in [-0.05, 0) is 30.0 Å². The van der Waals surface area contributed by atoms with Crippen molar-refractivity contribution in [1.29, 1.82) is 0 Å². The van der Waals surface area contributed by atoms with Crippen LogP contribution >= 0.6 is 0 Å². The molecule has 9 nitrogen and oxygen atoms in total. The Hall–Kier alpha value is -2.65. The van der Waals surface area contributed by atoms with Crippen LogP contribution in [0.3, 0.4) is 0 Å². The molecule has 1 fully saturated rings. The van der Waals surface area contributed by atoms with Crippen LogP contribution in [0, 0.1) is 5.92 Å². The van der Waals surface area contributed by atoms with Gasteiger partial charge >= 0.3 is 12.0 Å². The van der Waals surface area contributed by atoms with Crippen molar-refractivity contribution in [1.82, 2.24) is 10.2 Å². The molecule has 4 N–H and O–H groups in total. The van der Waals surface area contributed by atoms with Gasteiger partial charge in [0.2, 0.25) is 0 Å². The fraction of sp³-hybridized carbons (Fsp3) is 0.500. The molecule has 3 amide bonds. The molecule has 1 saturated heterocycles. The van der Waals surface area contributed by atoms with E-state index in [1.807, 2.05) is 13.8 Å². The van der Waals surface area contributed by atoms with E-state index in [4.69, 9.17) is 9.84 Å². The number of carbonyl (C=O) groups is 3. The Bertz CT molecular complexity index is 689. The zero-order valence-electron chi connectivity index (χ0n) is 15.2. The Morgan fingerprint density at radius 3 is 2.41 bits per heavy atom. The Labute approximate surface area is 156 Å². The highest BCUT2D eigenvalue weighted by atomic mass is 16.5. The van der Waals surface area contributed by atoms with Crippen LogP contribution in [0.2, 0.25) is 0 Å². The Balaban J connectivity index is 2.12. The summed E-state index contributed by atoms with van der Waals surface area (Å²) in [5.74, 6) is -1.42. The quantitative estimate of drug-likeness (QED) is 0.458. The fourth-order valence-corrected chi connectivity index (χ4v) is 2.78. The van der Waals surface area contributed by atoms with Crippen molar-refractivity contribution >= 4 is 17.9 Å². The standard InChI is InChI=1S/C18H24N2O7/c1-10(2)7-14(17(24)25)20-16(23)15(19-18(20)26)11-3-5-13(6-4-11)27-9-12(22)8-21/h3-6,10,12,14-15,21-22H,7-9H2,1-2H3,(H,19,26)(H,24,25)/t12-,14?,15-/m1/s1. The fourth-order valence-electron chi connectivity index (χ4n) is 2.78. The van der Waals surface area contributed by atoms with Crippen LogP contribution in [0.15, 0.2) is 24.3 Å². The molecule has 0 radical (unpaired) electrons. The van der Waals surface area contributed by atoms with Gasteiger partial charge < -0.3 is 25.4 Å². The Morgan fingerprint density at radius 2 is 1.89 bits per heavy atom. The number of rotatable bonds is 9. The summed E-state index contributed by atoms with van der Waals surface area (Å²) >= 11 is 0. The smallest absolute Gasteiger partial charge is 0.327 e. The normalized spacial score (nSPS) is 19.1. The van der Waals surface area contributed by atoms with E-state index < -0.39 is 42.7 Å². The van der Waals surface area contributed by atoms with E-state index in [-0.39, 0.29) is 18.9 Å². The molecule has 0 saturated carbocycles. The number of hydrogen-bond acceptors (Lipinski definition) is 6. The van der Waals surface area contributed by atoms with Gasteiger partial charge in [0.15, 0.2) is 0 Å². The molecule has 1 aliphatic rings. The third kappa shape index (κ3) is 4.95. The van der Waals surface area contributed by atoms with Crippen LogP contribution in [-0.4, -0.2) is 63.5 Å². The first-order valence-electron chi connectivity index (χ1n) is 8.62. The number of amides is 3. The average Bonchev–Trinajstić information content (AvgIpc) is 2.92. The predicted octanol–water partition coefficient (Wildman–Crippen LogP) is 0.511. The molecular weight excluding hydrogens is 356 g/mol. The molecule has 0 aliphatic carbocycles. The first kappa shape index (κ1) is 20.7. The topological polar surface area (TPSA) is 136 Å². The lowest BCUT2D eigenvalue weighted by atomic mass is 10.0. The zero-order chi connectivity index (χ0) is 20.1. The minimum absolute atomic E-state index is 0.00328. The number of benzene rings is 1. The number of ether oxygens (including phenoxy) is 1. The maximum absolute atomic E-state index is 12.7. The first-order chi connectivity index (χ1) is 12.7. The van der Waals surface area contributed by atoms with E-state index >= 15 is 0 Å². The highest BCUT2D eigenvalue weighted by Gasteiger charge is 2.45. The molecule has 148 valence electrons. The van der Waals surface area contributed by atoms with Crippen LogP contribution in [0.1, 0.15) is 31.9 Å². The second kappa shape index (κ2) is 8.83. The molecule has 9 heteroatoms. The number of carboxylic acids is 1. The largest absolute Gasteiger partial charge is 0.491 e. The second-order valence-corrected chi connectivity index (χ2v) is 6.79. The number of aliphatic hydroxyl groups excluding tert-OH is 2. The van der Waals surface area contributed by atoms with Crippen molar-refractivity contribution in [3.05, 3.63) is 29.8 Å². The molecule has 1 aromatic rings. The summed E-state index contributed by atoms with van der Waals surface area (Å²) in [5.41, 5.74) is 0.486. The molecule has 0 spiro atoms. The number of carbonyl (C=O) groups excluding carboxylic acids is 2. The average molecular weight is 380 g/mol. The molecule has 1 aromatic carbocycles. The molecule has 0 bridgehead atoms. The maximum Gasteiger partial charge on any atom is 0.327 e. The number of urea groups is 1. The van der Waals surface area contributed by atoms with E-state index in [0.717, 1.165) is 4.90 Å². The van der Waals surface area contributed by atoms with Gasteiger partial charge in [-0.15, -0.1) is 0 Å². The minimum atomic E-state index is -1.22. The number of aliphatic carboxylic acids is 1. The Morgan fingerprint density at radius 1 is 1.26 bits per heavy atom. The van der Waals surface area contributed by atoms with Crippen LogP contribution < -0.4 is 10.1 Å². The van der Waals surface area contributed by atoms with E-state index in [2.05, 4.69) is 5.32 Å². The van der Waals surface area contributed by atoms with Gasteiger partial charge in [0.1, 0.15) is 30.5 Å². The molecule has 3 atom stereocenters. The lowest BCUT2D eigenvalue weighted by molar-refractivity contribution is -0.147. The number of carboxylic acid groups (broad SMARTS) is 1. The molecule has 27 heavy (non-hydrogen) atoms. The summed E-state index contributed by atoms with van der Waals surface area (Å²) < 4.78 is 5.29. The van der Waals surface area contributed by atoms with Gasteiger partial charge in [0.05, 0.1) is 6.61 Å². The van der Waals surface area contributed by atoms with E-state index in [9.17, 15) is 24.6 Å². The first-order valence-corrected chi connectivity index (χ1v) is 8.62. The van der Waals surface area contributed by atoms with Crippen molar-refractivity contribution in [2.45, 2.75) is 38.5 Å². The monoisotopic (exact) mass is 380 g/mol. The molecule has 1 unspecified atom stereocenters. The van der Waals surface area contributed by atoms with E-state index in [1.165, 1.54) is 0 Å². The predicted molar refractivity (Wildman–Crippen MR) is 94.0 cm³/mol. The summed E-state index contributed by atoms with van der Waals surface area (Å²) in [6, 6.07) is 3.35. The third-order valence-corrected chi connectivity index (χ3v) is 4.13. The summed E-state index contributed by atoms with van der Waals surface area (Å²) in [4.78, 5) is 37.2. The number of nitrogens with zero attached hydrogens (tertiary/aromatic N) is 1. The summed E-state index contributed by atoms with van der Waals surface area (Å²) in [6.45, 7) is 3.13. The van der Waals surface area contributed by atoms with Gasteiger partial charge in [0.25, 0.3) is 5.91 Å². The van der Waals surface area contributed by atoms with Crippen molar-refractivity contribution < 1.29 is 34.4 Å². The molecule has 2 rings (SSSR count). The number of hydrogen-bond donors (Lipinski definition) is 4. The van der Waals surface area contributed by atoms with E-state index in [0.29, 0.717) is 11.3 Å². The molecule has 1 heterocycles. The minimum Gasteiger partial charge on any atom is -0.491 e. The van der Waals surface area contributed by atoms with Gasteiger partial charge in [-0.3, -0.25) is 4.79 Å². The van der Waals surface area contributed by atoms with Crippen molar-refractivity contribution in [2.75, 3.05) is 13.2 Å². The lowest BCUT2D eigenvalue weighted by Crippen LogP contribution is -2.46. The molecular formula is C18H24N2O7. The van der Waals surface area contributed by atoms with Gasteiger partial charge in [-0.25, -0.2) is 14.5 Å². The molecule has 1 aliphatic heterocycles. The number of nitrogens with one attached hydrogen (secondary N) is 1. The van der Waals surface area contributed by atoms with Crippen molar-refractivity contribution in [3.63, 3.8) is 0 Å². The maximum atomic E-state index is 12.7. The highest BCUT2D eigenvalue weighted by molar-refractivity contribution is 6.07. The summed E-state index contributed by atoms with van der Waals surface area (Å²) in [7, 11) is 0.